The van der Waals surface area contributed by atoms with E-state index in [9.17, 15) is 10.1 Å². The molecule has 1 atom stereocenters. The van der Waals surface area contributed by atoms with Crippen molar-refractivity contribution in [1.29, 1.82) is 0 Å². The molecule has 0 aromatic carbocycles. The summed E-state index contributed by atoms with van der Waals surface area (Å²) in [6.07, 6.45) is 4.70. The Balaban J connectivity index is 2.47. The van der Waals surface area contributed by atoms with Crippen molar-refractivity contribution in [2.75, 3.05) is 0 Å². The topological polar surface area (TPSA) is 132 Å². The van der Waals surface area contributed by atoms with Gasteiger partial charge >= 0.3 is 0 Å². The molecule has 8 heteroatoms. The minimum Gasteiger partial charge on any atom is -0.384 e. The lowest BCUT2D eigenvalue weighted by atomic mass is 10.1. The van der Waals surface area contributed by atoms with E-state index in [2.05, 4.69) is 15.3 Å². The molecule has 106 valence electrons. The number of rotatable bonds is 4. The van der Waals surface area contributed by atoms with E-state index >= 15 is 0 Å². The van der Waals surface area contributed by atoms with Crippen LogP contribution in [0.5, 0.6) is 0 Å². The van der Waals surface area contributed by atoms with Gasteiger partial charge in [0.05, 0.1) is 4.92 Å². The zero-order chi connectivity index (χ0) is 14.8. The lowest BCUT2D eigenvalue weighted by Gasteiger charge is -2.31. The van der Waals surface area contributed by atoms with Crippen LogP contribution in [0.1, 0.15) is 25.5 Å². The van der Waals surface area contributed by atoms with Gasteiger partial charge in [-0.15, -0.1) is 0 Å². The van der Waals surface area contributed by atoms with E-state index < -0.39 is 10.7 Å². The third-order valence-corrected chi connectivity index (χ3v) is 2.84. The molecule has 20 heavy (non-hydrogen) atoms. The van der Waals surface area contributed by atoms with Crippen LogP contribution in [0.3, 0.4) is 0 Å². The highest BCUT2D eigenvalue weighted by molar-refractivity contribution is 5.93. The first-order valence-electron chi connectivity index (χ1n) is 6.19. The van der Waals surface area contributed by atoms with E-state index in [0.717, 1.165) is 18.5 Å². The summed E-state index contributed by atoms with van der Waals surface area (Å²) in [5.74, 6) is -1.30. The molecule has 0 amide bonds. The molecule has 8 nitrogen and oxygen atoms in total. The number of allylic oxidation sites excluding steroid dienone is 1. The first kappa shape index (κ1) is 13.9. The van der Waals surface area contributed by atoms with Crippen LogP contribution < -0.4 is 16.8 Å². The minimum absolute atomic E-state index is 0.0367. The molecule has 1 aliphatic rings. The number of nitro groups is 1. The van der Waals surface area contributed by atoms with Gasteiger partial charge in [0.2, 0.25) is 5.79 Å². The van der Waals surface area contributed by atoms with Gasteiger partial charge in [0.15, 0.2) is 5.69 Å². The third kappa shape index (κ3) is 2.59. The largest absolute Gasteiger partial charge is 0.384 e. The average Bonchev–Trinajstić information content (AvgIpc) is 2.38. The van der Waals surface area contributed by atoms with Crippen LogP contribution in [0, 0.1) is 10.1 Å². The highest BCUT2D eigenvalue weighted by Gasteiger charge is 2.37. The predicted molar refractivity (Wildman–Crippen MR) is 74.5 cm³/mol. The lowest BCUT2D eigenvalue weighted by molar-refractivity contribution is -0.386. The molecule has 0 saturated heterocycles. The van der Waals surface area contributed by atoms with Gasteiger partial charge in [0.25, 0.3) is 5.69 Å². The predicted octanol–water partition coefficient (Wildman–Crippen LogP) is 0.703. The fourth-order valence-electron chi connectivity index (χ4n) is 2.08. The maximum absolute atomic E-state index is 11.1. The quantitative estimate of drug-likeness (QED) is 0.547. The third-order valence-electron chi connectivity index (χ3n) is 2.84. The zero-order valence-electron chi connectivity index (χ0n) is 11.0. The lowest BCUT2D eigenvalue weighted by Crippen LogP contribution is -2.52. The van der Waals surface area contributed by atoms with Crippen molar-refractivity contribution < 1.29 is 4.92 Å². The number of nitrogens with one attached hydrogen (secondary N) is 1. The Morgan fingerprint density at radius 2 is 2.30 bits per heavy atom. The Bertz CT molecular complexity index is 597. The van der Waals surface area contributed by atoms with Crippen molar-refractivity contribution in [3.05, 3.63) is 45.9 Å². The Hall–Kier alpha value is -2.48. The molecule has 0 bridgehead atoms. The monoisotopic (exact) mass is 276 g/mol. The summed E-state index contributed by atoms with van der Waals surface area (Å²) in [6, 6.07) is 2.81. The van der Waals surface area contributed by atoms with Crippen LogP contribution in [0.15, 0.2) is 35.1 Å². The maximum Gasteiger partial charge on any atom is 0.296 e. The summed E-state index contributed by atoms with van der Waals surface area (Å²) in [5, 5.41) is 14.1. The highest BCUT2D eigenvalue weighted by atomic mass is 16.6. The number of aliphatic imine (C=N–C) groups is 1. The van der Waals surface area contributed by atoms with Crippen molar-refractivity contribution in [2.24, 2.45) is 16.5 Å². The Labute approximate surface area is 115 Å². The number of aromatic nitrogens is 1. The van der Waals surface area contributed by atoms with Gasteiger partial charge in [-0.25, -0.2) is 9.98 Å². The molecule has 1 aliphatic heterocycles. The second-order valence-corrected chi connectivity index (χ2v) is 4.48. The van der Waals surface area contributed by atoms with Crippen molar-refractivity contribution in [3.8, 4) is 0 Å². The smallest absolute Gasteiger partial charge is 0.296 e. The number of hydrogen-bond acceptors (Lipinski definition) is 7. The fraction of sp³-hybridized carbons (Fsp3) is 0.333. The Morgan fingerprint density at radius 3 is 2.95 bits per heavy atom. The van der Waals surface area contributed by atoms with Gasteiger partial charge in [-0.2, -0.15) is 0 Å². The van der Waals surface area contributed by atoms with E-state index in [1.807, 2.05) is 6.92 Å². The van der Waals surface area contributed by atoms with Crippen LogP contribution in [0.25, 0.3) is 0 Å². The number of hydrogen-bond donors (Lipinski definition) is 3. The zero-order valence-corrected chi connectivity index (χ0v) is 11.0. The number of pyridine rings is 1. The molecular formula is C12H16N6O2. The van der Waals surface area contributed by atoms with Crippen molar-refractivity contribution in [3.63, 3.8) is 0 Å². The SMILES string of the molecule is CCCC1=CC(N)=NC(N)(c2ncccc2[N+](=O)[O-])N1. The summed E-state index contributed by atoms with van der Waals surface area (Å²) in [6.45, 7) is 2.01. The van der Waals surface area contributed by atoms with Gasteiger partial charge < -0.3 is 11.1 Å². The molecule has 2 heterocycles. The molecule has 0 aliphatic carbocycles. The molecule has 1 aromatic heterocycles. The molecular weight excluding hydrogens is 260 g/mol. The molecule has 2 rings (SSSR count). The fourth-order valence-corrected chi connectivity index (χ4v) is 2.08. The second-order valence-electron chi connectivity index (χ2n) is 4.48. The molecule has 1 unspecified atom stereocenters. The molecule has 0 spiro atoms. The average molecular weight is 276 g/mol. The standard InChI is InChI=1S/C12H16N6O2/c1-2-4-8-7-10(13)17-12(14,16-8)11-9(18(19)20)5-3-6-15-11/h3,5-7,16H,2,4,14H2,1H3,(H2,13,17). The normalized spacial score (nSPS) is 21.7. The van der Waals surface area contributed by atoms with Gasteiger partial charge in [-0.1, -0.05) is 13.3 Å². The van der Waals surface area contributed by atoms with Crippen molar-refractivity contribution in [2.45, 2.75) is 25.6 Å². The van der Waals surface area contributed by atoms with Crippen molar-refractivity contribution >= 4 is 11.5 Å². The van der Waals surface area contributed by atoms with Gasteiger partial charge in [0, 0.05) is 18.0 Å². The van der Waals surface area contributed by atoms with Gasteiger partial charge in [-0.3, -0.25) is 15.8 Å². The minimum atomic E-state index is -1.52. The number of nitrogens with two attached hydrogens (primary N) is 2. The summed E-state index contributed by atoms with van der Waals surface area (Å²) in [5.41, 5.74) is 12.5. The molecule has 0 fully saturated rings. The summed E-state index contributed by atoms with van der Waals surface area (Å²) < 4.78 is 0. The first-order chi connectivity index (χ1) is 9.46. The Morgan fingerprint density at radius 1 is 1.55 bits per heavy atom. The molecule has 1 aromatic rings. The van der Waals surface area contributed by atoms with E-state index in [0.29, 0.717) is 0 Å². The maximum atomic E-state index is 11.1. The van der Waals surface area contributed by atoms with E-state index in [1.54, 1.807) is 6.08 Å². The summed E-state index contributed by atoms with van der Waals surface area (Å²) in [4.78, 5) is 18.6. The van der Waals surface area contributed by atoms with Crippen LogP contribution >= 0.6 is 0 Å². The van der Waals surface area contributed by atoms with Crippen molar-refractivity contribution in [1.82, 2.24) is 10.3 Å². The Kier molecular flexibility index (Phi) is 3.66. The molecule has 0 radical (unpaired) electrons. The van der Waals surface area contributed by atoms with Crippen LogP contribution in [0.2, 0.25) is 0 Å². The number of amidine groups is 1. The summed E-state index contributed by atoms with van der Waals surface area (Å²) >= 11 is 0. The summed E-state index contributed by atoms with van der Waals surface area (Å²) in [7, 11) is 0. The van der Waals surface area contributed by atoms with E-state index in [-0.39, 0.29) is 17.2 Å². The second kappa shape index (κ2) is 5.25. The van der Waals surface area contributed by atoms with E-state index in [4.69, 9.17) is 11.5 Å². The molecule has 5 N–H and O–H groups in total. The van der Waals surface area contributed by atoms with Crippen LogP contribution in [0.4, 0.5) is 5.69 Å². The highest BCUT2D eigenvalue weighted by Crippen LogP contribution is 2.28. The van der Waals surface area contributed by atoms with Crippen LogP contribution in [-0.2, 0) is 5.79 Å². The van der Waals surface area contributed by atoms with Gasteiger partial charge in [0.1, 0.15) is 5.84 Å². The number of nitrogens with zero attached hydrogens (tertiary/aromatic N) is 3. The first-order valence-corrected chi connectivity index (χ1v) is 6.19. The van der Waals surface area contributed by atoms with E-state index in [1.165, 1.54) is 18.3 Å². The van der Waals surface area contributed by atoms with Gasteiger partial charge in [-0.05, 0) is 18.6 Å². The molecule has 0 saturated carbocycles. The van der Waals surface area contributed by atoms with Crippen LogP contribution in [-0.4, -0.2) is 15.7 Å².